The molecule has 2 aliphatic rings. The van der Waals surface area contributed by atoms with Crippen LogP contribution >= 0.6 is 11.6 Å². The van der Waals surface area contributed by atoms with Gasteiger partial charge in [-0.3, -0.25) is 9.59 Å². The van der Waals surface area contributed by atoms with Crippen molar-refractivity contribution >= 4 is 29.1 Å². The van der Waals surface area contributed by atoms with E-state index in [1.54, 1.807) is 4.90 Å². The molecule has 0 bridgehead atoms. The number of benzene rings is 1. The predicted octanol–water partition coefficient (Wildman–Crippen LogP) is 4.34. The molecule has 0 atom stereocenters. The van der Waals surface area contributed by atoms with Crippen molar-refractivity contribution in [1.29, 1.82) is 0 Å². The molecule has 8 heteroatoms. The molecule has 1 aliphatic carbocycles. The zero-order chi connectivity index (χ0) is 18.9. The van der Waals surface area contributed by atoms with E-state index in [4.69, 9.17) is 11.6 Å². The van der Waals surface area contributed by atoms with Gasteiger partial charge in [0.15, 0.2) is 0 Å². The summed E-state index contributed by atoms with van der Waals surface area (Å²) >= 11 is 5.65. The number of nitrogens with zero attached hydrogens (tertiary/aromatic N) is 1. The van der Waals surface area contributed by atoms with Crippen molar-refractivity contribution < 1.29 is 22.8 Å². The third-order valence-electron chi connectivity index (χ3n) is 5.18. The first-order chi connectivity index (χ1) is 12.3. The zero-order valence-electron chi connectivity index (χ0n) is 14.1. The van der Waals surface area contributed by atoms with E-state index in [-0.39, 0.29) is 22.5 Å². The van der Waals surface area contributed by atoms with Crippen LogP contribution in [0.25, 0.3) is 0 Å². The monoisotopic (exact) mass is 388 g/mol. The summed E-state index contributed by atoms with van der Waals surface area (Å²) in [4.78, 5) is 26.4. The Balaban J connectivity index is 1.60. The lowest BCUT2D eigenvalue weighted by Gasteiger charge is -2.36. The van der Waals surface area contributed by atoms with Crippen LogP contribution in [0.3, 0.4) is 0 Å². The second kappa shape index (κ2) is 7.47. The fourth-order valence-corrected chi connectivity index (χ4v) is 3.54. The molecule has 1 N–H and O–H groups in total. The molecule has 142 valence electrons. The number of amides is 2. The van der Waals surface area contributed by atoms with Crippen molar-refractivity contribution in [3.05, 3.63) is 28.8 Å². The minimum absolute atomic E-state index is 0.0434. The standard InChI is InChI=1S/C18H20ClF3N2O2/c19-13-4-5-15(14(10-13)18(20,21)22)23-16(25)11-6-8-24(9-7-11)17(26)12-2-1-3-12/h4-5,10-12H,1-3,6-9H2,(H,23,25). The average molecular weight is 389 g/mol. The SMILES string of the molecule is O=C(Nc1ccc(Cl)cc1C(F)(F)F)C1CCN(C(=O)C2CCC2)CC1. The molecule has 4 nitrogen and oxygen atoms in total. The smallest absolute Gasteiger partial charge is 0.342 e. The van der Waals surface area contributed by atoms with Gasteiger partial charge in [0.2, 0.25) is 11.8 Å². The summed E-state index contributed by atoms with van der Waals surface area (Å²) in [5.74, 6) is -0.596. The molecule has 3 rings (SSSR count). The maximum absolute atomic E-state index is 13.1. The molecule has 1 aromatic carbocycles. The van der Waals surface area contributed by atoms with Crippen molar-refractivity contribution in [3.63, 3.8) is 0 Å². The van der Waals surface area contributed by atoms with E-state index in [1.165, 1.54) is 6.07 Å². The third-order valence-corrected chi connectivity index (χ3v) is 5.41. The van der Waals surface area contributed by atoms with E-state index in [0.29, 0.717) is 25.9 Å². The summed E-state index contributed by atoms with van der Waals surface area (Å²) in [5.41, 5.74) is -1.25. The van der Waals surface area contributed by atoms with Crippen molar-refractivity contribution in [2.75, 3.05) is 18.4 Å². The van der Waals surface area contributed by atoms with Crippen molar-refractivity contribution in [3.8, 4) is 0 Å². The van der Waals surface area contributed by atoms with Gasteiger partial charge < -0.3 is 10.2 Å². The second-order valence-corrected chi connectivity index (χ2v) is 7.34. The molecule has 1 saturated heterocycles. The van der Waals surface area contributed by atoms with Crippen LogP contribution in [0.1, 0.15) is 37.7 Å². The van der Waals surface area contributed by atoms with Gasteiger partial charge in [0.25, 0.3) is 0 Å². The van der Waals surface area contributed by atoms with E-state index < -0.39 is 23.6 Å². The van der Waals surface area contributed by atoms with Gasteiger partial charge in [-0.2, -0.15) is 13.2 Å². The van der Waals surface area contributed by atoms with Gasteiger partial charge in [0.05, 0.1) is 11.3 Å². The fourth-order valence-electron chi connectivity index (χ4n) is 3.37. The summed E-state index contributed by atoms with van der Waals surface area (Å²) < 4.78 is 39.4. The van der Waals surface area contributed by atoms with E-state index >= 15 is 0 Å². The highest BCUT2D eigenvalue weighted by atomic mass is 35.5. The molecule has 0 unspecified atom stereocenters. The van der Waals surface area contributed by atoms with E-state index in [2.05, 4.69) is 5.32 Å². The summed E-state index contributed by atoms with van der Waals surface area (Å²) in [6, 6.07) is 3.28. The third kappa shape index (κ3) is 4.14. The Morgan fingerprint density at radius 1 is 1.08 bits per heavy atom. The maximum atomic E-state index is 13.1. The number of carbonyl (C=O) groups is 2. The lowest BCUT2D eigenvalue weighted by atomic mass is 9.83. The van der Waals surface area contributed by atoms with Gasteiger partial charge in [-0.05, 0) is 43.9 Å². The van der Waals surface area contributed by atoms with Crippen LogP contribution in [0.2, 0.25) is 5.02 Å². The van der Waals surface area contributed by atoms with Crippen molar-refractivity contribution in [2.45, 2.75) is 38.3 Å². The van der Waals surface area contributed by atoms with Crippen LogP contribution in [0, 0.1) is 11.8 Å². The number of rotatable bonds is 3. The first-order valence-corrected chi connectivity index (χ1v) is 9.10. The lowest BCUT2D eigenvalue weighted by Crippen LogP contribution is -2.45. The number of piperidine rings is 1. The molecule has 2 amide bonds. The van der Waals surface area contributed by atoms with Crippen LogP contribution in [0.4, 0.5) is 18.9 Å². The Kier molecular flexibility index (Phi) is 5.46. The topological polar surface area (TPSA) is 49.4 Å². The Morgan fingerprint density at radius 2 is 1.73 bits per heavy atom. The molecule has 1 aliphatic heterocycles. The number of likely N-dealkylation sites (tertiary alicyclic amines) is 1. The Morgan fingerprint density at radius 3 is 2.27 bits per heavy atom. The average Bonchev–Trinajstić information content (AvgIpc) is 2.54. The van der Waals surface area contributed by atoms with Crippen LogP contribution in [-0.2, 0) is 15.8 Å². The maximum Gasteiger partial charge on any atom is 0.418 e. The van der Waals surface area contributed by atoms with Gasteiger partial charge in [-0.15, -0.1) is 0 Å². The van der Waals surface area contributed by atoms with Gasteiger partial charge in [-0.25, -0.2) is 0 Å². The number of anilines is 1. The molecule has 26 heavy (non-hydrogen) atoms. The number of hydrogen-bond donors (Lipinski definition) is 1. The van der Waals surface area contributed by atoms with Crippen LogP contribution in [0.15, 0.2) is 18.2 Å². The van der Waals surface area contributed by atoms with Gasteiger partial charge in [0, 0.05) is 29.9 Å². The van der Waals surface area contributed by atoms with Crippen molar-refractivity contribution in [1.82, 2.24) is 4.90 Å². The Bertz CT molecular complexity index is 696. The number of carbonyl (C=O) groups excluding carboxylic acids is 2. The van der Waals surface area contributed by atoms with Crippen molar-refractivity contribution in [2.24, 2.45) is 11.8 Å². The Hall–Kier alpha value is -1.76. The van der Waals surface area contributed by atoms with Crippen LogP contribution in [-0.4, -0.2) is 29.8 Å². The zero-order valence-corrected chi connectivity index (χ0v) is 14.9. The molecule has 1 aromatic rings. The summed E-state index contributed by atoms with van der Waals surface area (Å²) in [6.45, 7) is 0.945. The molecule has 1 saturated carbocycles. The number of halogens is 4. The number of alkyl halides is 3. The van der Waals surface area contributed by atoms with E-state index in [1.807, 2.05) is 0 Å². The van der Waals surface area contributed by atoms with Crippen LogP contribution in [0.5, 0.6) is 0 Å². The fraction of sp³-hybridized carbons (Fsp3) is 0.556. The lowest BCUT2D eigenvalue weighted by molar-refractivity contribution is -0.141. The summed E-state index contributed by atoms with van der Waals surface area (Å²) in [7, 11) is 0. The first kappa shape index (κ1) is 19.0. The number of nitrogens with one attached hydrogen (secondary N) is 1. The Labute approximate surface area is 154 Å². The van der Waals surface area contributed by atoms with Gasteiger partial charge in [-0.1, -0.05) is 18.0 Å². The summed E-state index contributed by atoms with van der Waals surface area (Å²) in [5, 5.41) is 2.34. The molecule has 2 fully saturated rings. The minimum Gasteiger partial charge on any atom is -0.342 e. The quantitative estimate of drug-likeness (QED) is 0.837. The minimum atomic E-state index is -4.61. The van der Waals surface area contributed by atoms with Gasteiger partial charge >= 0.3 is 6.18 Å². The van der Waals surface area contributed by atoms with Gasteiger partial charge in [0.1, 0.15) is 0 Å². The molecule has 0 aromatic heterocycles. The molecular formula is C18H20ClF3N2O2. The highest BCUT2D eigenvalue weighted by Gasteiger charge is 2.36. The predicted molar refractivity (Wildman–Crippen MR) is 91.7 cm³/mol. The van der Waals surface area contributed by atoms with Crippen LogP contribution < -0.4 is 5.32 Å². The molecular weight excluding hydrogens is 369 g/mol. The first-order valence-electron chi connectivity index (χ1n) is 8.72. The normalized spacial score (nSPS) is 19.2. The highest BCUT2D eigenvalue weighted by Crippen LogP contribution is 2.37. The summed E-state index contributed by atoms with van der Waals surface area (Å²) in [6.07, 6.45) is -0.755. The molecule has 0 radical (unpaired) electrons. The van der Waals surface area contributed by atoms with E-state index in [9.17, 15) is 22.8 Å². The molecule has 1 heterocycles. The highest BCUT2D eigenvalue weighted by molar-refractivity contribution is 6.30. The number of hydrogen-bond acceptors (Lipinski definition) is 2. The molecule has 0 spiro atoms. The second-order valence-electron chi connectivity index (χ2n) is 6.90. The van der Waals surface area contributed by atoms with E-state index in [0.717, 1.165) is 31.4 Å². The largest absolute Gasteiger partial charge is 0.418 e.